The number of nitrogens with one attached hydrogen (secondary N) is 1. The van der Waals surface area contributed by atoms with E-state index in [9.17, 15) is 13.2 Å². The van der Waals surface area contributed by atoms with E-state index < -0.39 is 10.0 Å². The molecule has 1 aliphatic heterocycles. The van der Waals surface area contributed by atoms with E-state index in [2.05, 4.69) is 9.71 Å². The molecule has 1 aliphatic rings. The second-order valence-corrected chi connectivity index (χ2v) is 6.88. The monoisotopic (exact) mass is 349 g/mol. The number of anilines is 2. The predicted octanol–water partition coefficient (Wildman–Crippen LogP) is 2.52. The number of nitrogens with zero attached hydrogens (tertiary/aromatic N) is 2. The van der Waals surface area contributed by atoms with Gasteiger partial charge in [0.05, 0.1) is 5.69 Å². The third kappa shape index (κ3) is 3.35. The molecule has 0 aromatic heterocycles. The zero-order valence-corrected chi connectivity index (χ0v) is 13.4. The fourth-order valence-corrected chi connectivity index (χ4v) is 3.34. The van der Waals surface area contributed by atoms with Gasteiger partial charge in [-0.05, 0) is 36.4 Å². The summed E-state index contributed by atoms with van der Waals surface area (Å²) in [5.74, 6) is -0.298. The summed E-state index contributed by atoms with van der Waals surface area (Å²) in [5.41, 5.74) is 1.03. The van der Waals surface area contributed by atoms with Gasteiger partial charge in [0.25, 0.3) is 10.0 Å². The second kappa shape index (κ2) is 6.02. The largest absolute Gasteiger partial charge is 0.325 e. The highest BCUT2D eigenvalue weighted by atomic mass is 35.5. The van der Waals surface area contributed by atoms with Crippen LogP contribution in [0.5, 0.6) is 0 Å². The van der Waals surface area contributed by atoms with Crippen molar-refractivity contribution in [3.63, 3.8) is 0 Å². The Morgan fingerprint density at radius 2 is 1.83 bits per heavy atom. The van der Waals surface area contributed by atoms with Crippen LogP contribution in [0.2, 0.25) is 5.02 Å². The van der Waals surface area contributed by atoms with Crippen LogP contribution in [0.15, 0.2) is 57.8 Å². The molecule has 118 valence electrons. The number of benzene rings is 2. The first-order valence-electron chi connectivity index (χ1n) is 6.67. The first kappa shape index (κ1) is 15.5. The van der Waals surface area contributed by atoms with Gasteiger partial charge in [-0.25, -0.2) is 0 Å². The van der Waals surface area contributed by atoms with Crippen LogP contribution in [-0.2, 0) is 14.8 Å². The third-order valence-corrected chi connectivity index (χ3v) is 4.74. The standard InChI is InChI=1S/C15H12ClN3O3S/c16-11-5-7-12(8-6-11)18-15(20)9-19-10-17-23(21,22)14-4-2-1-3-13(14)19/h1-8,10H,9H2,(H,18,20). The molecule has 0 saturated carbocycles. The number of sulfonamides is 1. The lowest BCUT2D eigenvalue weighted by Gasteiger charge is -2.24. The van der Waals surface area contributed by atoms with E-state index in [-0.39, 0.29) is 17.3 Å². The SMILES string of the molecule is O=C(CN1C=NS(=O)(=O)c2ccccc21)Nc1ccc(Cl)cc1. The van der Waals surface area contributed by atoms with Crippen molar-refractivity contribution < 1.29 is 13.2 Å². The molecule has 23 heavy (non-hydrogen) atoms. The summed E-state index contributed by atoms with van der Waals surface area (Å²) in [6, 6.07) is 13.1. The van der Waals surface area contributed by atoms with Gasteiger partial charge in [0.1, 0.15) is 17.8 Å². The van der Waals surface area contributed by atoms with Crippen LogP contribution in [-0.4, -0.2) is 27.2 Å². The van der Waals surface area contributed by atoms with Crippen LogP contribution in [0.1, 0.15) is 0 Å². The lowest BCUT2D eigenvalue weighted by Crippen LogP contribution is -2.35. The third-order valence-electron chi connectivity index (χ3n) is 3.22. The minimum Gasteiger partial charge on any atom is -0.325 e. The number of carbonyl (C=O) groups excluding carboxylic acids is 1. The Bertz CT molecular complexity index is 879. The highest BCUT2D eigenvalue weighted by Gasteiger charge is 2.25. The van der Waals surface area contributed by atoms with E-state index in [1.54, 1.807) is 42.5 Å². The molecule has 1 N–H and O–H groups in total. The van der Waals surface area contributed by atoms with Crippen LogP contribution in [0.4, 0.5) is 11.4 Å². The van der Waals surface area contributed by atoms with Crippen LogP contribution in [0, 0.1) is 0 Å². The maximum Gasteiger partial charge on any atom is 0.285 e. The predicted molar refractivity (Wildman–Crippen MR) is 89.5 cm³/mol. The molecular weight excluding hydrogens is 338 g/mol. The topological polar surface area (TPSA) is 78.8 Å². The smallest absolute Gasteiger partial charge is 0.285 e. The summed E-state index contributed by atoms with van der Waals surface area (Å²) in [4.78, 5) is 13.7. The van der Waals surface area contributed by atoms with Gasteiger partial charge in [-0.2, -0.15) is 8.42 Å². The summed E-state index contributed by atoms with van der Waals surface area (Å²) in [6.45, 7) is -0.0569. The average molecular weight is 350 g/mol. The Morgan fingerprint density at radius 3 is 2.57 bits per heavy atom. The number of para-hydroxylation sites is 1. The Labute approximate surface area is 138 Å². The van der Waals surface area contributed by atoms with E-state index >= 15 is 0 Å². The normalized spacial score (nSPS) is 15.1. The second-order valence-electron chi connectivity index (χ2n) is 4.85. The summed E-state index contributed by atoms with van der Waals surface area (Å²) in [5, 5.41) is 3.29. The summed E-state index contributed by atoms with van der Waals surface area (Å²) >= 11 is 5.79. The highest BCUT2D eigenvalue weighted by Crippen LogP contribution is 2.28. The van der Waals surface area contributed by atoms with E-state index in [0.717, 1.165) is 6.34 Å². The number of halogens is 1. The lowest BCUT2D eigenvalue weighted by atomic mass is 10.3. The molecule has 0 fully saturated rings. The van der Waals surface area contributed by atoms with Crippen molar-refractivity contribution in [1.82, 2.24) is 0 Å². The fraction of sp³-hybridized carbons (Fsp3) is 0.0667. The Kier molecular flexibility index (Phi) is 4.06. The average Bonchev–Trinajstić information content (AvgIpc) is 2.53. The van der Waals surface area contributed by atoms with Crippen LogP contribution in [0.3, 0.4) is 0 Å². The van der Waals surface area contributed by atoms with Crippen molar-refractivity contribution in [2.24, 2.45) is 4.40 Å². The van der Waals surface area contributed by atoms with Gasteiger partial charge in [-0.3, -0.25) is 4.79 Å². The fourth-order valence-electron chi connectivity index (χ4n) is 2.16. The van der Waals surface area contributed by atoms with Crippen molar-refractivity contribution in [3.05, 3.63) is 53.6 Å². The summed E-state index contributed by atoms with van der Waals surface area (Å²) in [6.07, 6.45) is 1.15. The minimum atomic E-state index is -3.69. The zero-order valence-electron chi connectivity index (χ0n) is 11.8. The number of rotatable bonds is 3. The van der Waals surface area contributed by atoms with Crippen molar-refractivity contribution in [2.45, 2.75) is 4.90 Å². The van der Waals surface area contributed by atoms with Gasteiger partial charge in [-0.15, -0.1) is 4.40 Å². The number of hydrogen-bond donors (Lipinski definition) is 1. The highest BCUT2D eigenvalue weighted by molar-refractivity contribution is 7.90. The minimum absolute atomic E-state index is 0.0569. The van der Waals surface area contributed by atoms with Crippen LogP contribution < -0.4 is 10.2 Å². The molecule has 0 bridgehead atoms. The first-order valence-corrected chi connectivity index (χ1v) is 8.49. The molecule has 0 radical (unpaired) electrons. The quantitative estimate of drug-likeness (QED) is 0.923. The van der Waals surface area contributed by atoms with Crippen molar-refractivity contribution in [2.75, 3.05) is 16.8 Å². The van der Waals surface area contributed by atoms with Gasteiger partial charge in [0.2, 0.25) is 5.91 Å². The van der Waals surface area contributed by atoms with Crippen molar-refractivity contribution in [1.29, 1.82) is 0 Å². The molecule has 0 saturated heterocycles. The van der Waals surface area contributed by atoms with Crippen molar-refractivity contribution in [3.8, 4) is 0 Å². The first-order chi connectivity index (χ1) is 11.0. The summed E-state index contributed by atoms with van der Waals surface area (Å²) < 4.78 is 27.3. The Morgan fingerprint density at radius 1 is 1.13 bits per heavy atom. The van der Waals surface area contributed by atoms with E-state index in [1.165, 1.54) is 11.0 Å². The van der Waals surface area contributed by atoms with Gasteiger partial charge in [0.15, 0.2) is 0 Å². The molecule has 1 amide bonds. The Hall–Kier alpha value is -2.38. The molecule has 0 spiro atoms. The maximum atomic E-state index is 12.1. The van der Waals surface area contributed by atoms with Crippen LogP contribution >= 0.6 is 11.6 Å². The maximum absolute atomic E-state index is 12.1. The van der Waals surface area contributed by atoms with Crippen molar-refractivity contribution >= 4 is 45.2 Å². The van der Waals surface area contributed by atoms with E-state index in [4.69, 9.17) is 11.6 Å². The zero-order chi connectivity index (χ0) is 16.4. The molecule has 1 heterocycles. The molecular formula is C15H12ClN3O3S. The Balaban J connectivity index is 1.78. The number of carbonyl (C=O) groups is 1. The summed E-state index contributed by atoms with van der Waals surface area (Å²) in [7, 11) is -3.69. The molecule has 8 heteroatoms. The van der Waals surface area contributed by atoms with Gasteiger partial charge < -0.3 is 10.2 Å². The molecule has 2 aromatic carbocycles. The van der Waals surface area contributed by atoms with E-state index in [0.29, 0.717) is 16.4 Å². The molecule has 0 atom stereocenters. The van der Waals surface area contributed by atoms with Crippen LogP contribution in [0.25, 0.3) is 0 Å². The van der Waals surface area contributed by atoms with Gasteiger partial charge >= 0.3 is 0 Å². The number of amides is 1. The number of fused-ring (bicyclic) bond motifs is 1. The molecule has 6 nitrogen and oxygen atoms in total. The number of hydrogen-bond acceptors (Lipinski definition) is 4. The van der Waals surface area contributed by atoms with Gasteiger partial charge in [-0.1, -0.05) is 23.7 Å². The molecule has 2 aromatic rings. The van der Waals surface area contributed by atoms with Gasteiger partial charge in [0, 0.05) is 10.7 Å². The molecule has 3 rings (SSSR count). The molecule has 0 aliphatic carbocycles. The lowest BCUT2D eigenvalue weighted by molar-refractivity contribution is -0.114. The molecule has 0 unspecified atom stereocenters. The van der Waals surface area contributed by atoms with E-state index in [1.807, 2.05) is 0 Å².